The zero-order valence-electron chi connectivity index (χ0n) is 13.0. The molecule has 3 rings (SSSR count). The SMILES string of the molecule is NC(=O)c1cc(NC(=O)C2(n3cccn3)CCNCC2)ccc1Cl. The first-order chi connectivity index (χ1) is 11.5. The molecule has 4 N–H and O–H groups in total. The van der Waals surface area contributed by atoms with Gasteiger partial charge in [-0.15, -0.1) is 0 Å². The summed E-state index contributed by atoms with van der Waals surface area (Å²) in [6.07, 6.45) is 4.69. The summed E-state index contributed by atoms with van der Waals surface area (Å²) in [6.45, 7) is 1.45. The molecule has 2 aromatic rings. The summed E-state index contributed by atoms with van der Waals surface area (Å²) in [5.41, 5.74) is 5.19. The minimum Gasteiger partial charge on any atom is -0.366 e. The normalized spacial score (nSPS) is 16.5. The summed E-state index contributed by atoms with van der Waals surface area (Å²) in [5.74, 6) is -0.815. The summed E-state index contributed by atoms with van der Waals surface area (Å²) in [4.78, 5) is 24.4. The molecule has 0 atom stereocenters. The molecule has 0 saturated carbocycles. The van der Waals surface area contributed by atoms with Gasteiger partial charge in [0.25, 0.3) is 5.91 Å². The van der Waals surface area contributed by atoms with Crippen molar-refractivity contribution < 1.29 is 9.59 Å². The predicted molar refractivity (Wildman–Crippen MR) is 90.9 cm³/mol. The number of nitrogens with zero attached hydrogens (tertiary/aromatic N) is 2. The van der Waals surface area contributed by atoms with Crippen LogP contribution in [0, 0.1) is 0 Å². The van der Waals surface area contributed by atoms with E-state index in [2.05, 4.69) is 15.7 Å². The van der Waals surface area contributed by atoms with E-state index in [1.807, 2.05) is 0 Å². The number of rotatable bonds is 4. The lowest BCUT2D eigenvalue weighted by Gasteiger charge is -2.36. The van der Waals surface area contributed by atoms with Gasteiger partial charge in [0.2, 0.25) is 5.91 Å². The largest absolute Gasteiger partial charge is 0.366 e. The molecule has 0 radical (unpaired) electrons. The topological polar surface area (TPSA) is 102 Å². The van der Waals surface area contributed by atoms with Crippen molar-refractivity contribution in [1.29, 1.82) is 0 Å². The molecule has 1 saturated heterocycles. The van der Waals surface area contributed by atoms with Gasteiger partial charge in [0.15, 0.2) is 0 Å². The fourth-order valence-corrected chi connectivity index (χ4v) is 3.17. The van der Waals surface area contributed by atoms with Crippen LogP contribution in [-0.2, 0) is 10.3 Å². The average molecular weight is 348 g/mol. The van der Waals surface area contributed by atoms with Gasteiger partial charge in [0.1, 0.15) is 5.54 Å². The molecule has 7 nitrogen and oxygen atoms in total. The number of hydrogen-bond acceptors (Lipinski definition) is 4. The van der Waals surface area contributed by atoms with Gasteiger partial charge >= 0.3 is 0 Å². The number of primary amides is 1. The molecule has 8 heteroatoms. The molecule has 0 unspecified atom stereocenters. The van der Waals surface area contributed by atoms with Crippen molar-refractivity contribution in [1.82, 2.24) is 15.1 Å². The van der Waals surface area contributed by atoms with Crippen LogP contribution in [0.2, 0.25) is 5.02 Å². The van der Waals surface area contributed by atoms with Crippen molar-refractivity contribution in [3.8, 4) is 0 Å². The molecule has 0 bridgehead atoms. The third-order valence-corrected chi connectivity index (χ3v) is 4.62. The van der Waals surface area contributed by atoms with Crippen molar-refractivity contribution in [3.05, 3.63) is 47.2 Å². The fraction of sp³-hybridized carbons (Fsp3) is 0.312. The highest BCUT2D eigenvalue weighted by molar-refractivity contribution is 6.34. The van der Waals surface area contributed by atoms with Crippen LogP contribution in [-0.4, -0.2) is 34.7 Å². The lowest BCUT2D eigenvalue weighted by Crippen LogP contribution is -2.52. The van der Waals surface area contributed by atoms with Crippen LogP contribution in [0.25, 0.3) is 0 Å². The Bertz CT molecular complexity index is 754. The van der Waals surface area contributed by atoms with Crippen LogP contribution in [0.5, 0.6) is 0 Å². The number of anilines is 1. The highest BCUT2D eigenvalue weighted by Crippen LogP contribution is 2.29. The van der Waals surface area contributed by atoms with Crippen molar-refractivity contribution in [3.63, 3.8) is 0 Å². The van der Waals surface area contributed by atoms with Crippen LogP contribution in [0.1, 0.15) is 23.2 Å². The van der Waals surface area contributed by atoms with Gasteiger partial charge in [0.05, 0.1) is 10.6 Å². The molecule has 2 amide bonds. The molecule has 0 spiro atoms. The van der Waals surface area contributed by atoms with Gasteiger partial charge in [-0.1, -0.05) is 11.6 Å². The molecule has 0 aliphatic carbocycles. The zero-order valence-corrected chi connectivity index (χ0v) is 13.7. The number of carbonyl (C=O) groups excluding carboxylic acids is 2. The second-order valence-corrected chi connectivity index (χ2v) is 6.15. The monoisotopic (exact) mass is 347 g/mol. The number of hydrogen-bond donors (Lipinski definition) is 3. The first-order valence-electron chi connectivity index (χ1n) is 7.64. The number of aromatic nitrogens is 2. The number of carbonyl (C=O) groups is 2. The van der Waals surface area contributed by atoms with E-state index in [-0.39, 0.29) is 16.5 Å². The van der Waals surface area contributed by atoms with Crippen LogP contribution in [0.3, 0.4) is 0 Å². The van der Waals surface area contributed by atoms with Crippen LogP contribution >= 0.6 is 11.6 Å². The Morgan fingerprint density at radius 2 is 2.08 bits per heavy atom. The summed E-state index contributed by atoms with van der Waals surface area (Å²) in [6, 6.07) is 6.47. The minimum absolute atomic E-state index is 0.174. The summed E-state index contributed by atoms with van der Waals surface area (Å²) in [5, 5.41) is 10.6. The molecule has 1 fully saturated rings. The Hall–Kier alpha value is -2.38. The van der Waals surface area contributed by atoms with Gasteiger partial charge in [0, 0.05) is 18.1 Å². The smallest absolute Gasteiger partial charge is 0.252 e. The van der Waals surface area contributed by atoms with E-state index in [0.29, 0.717) is 18.5 Å². The molecular weight excluding hydrogens is 330 g/mol. The van der Waals surface area contributed by atoms with E-state index >= 15 is 0 Å². The first kappa shape index (κ1) is 16.5. The van der Waals surface area contributed by atoms with Crippen molar-refractivity contribution in [2.45, 2.75) is 18.4 Å². The fourth-order valence-electron chi connectivity index (χ4n) is 2.96. The second kappa shape index (κ2) is 6.62. The minimum atomic E-state index is -0.763. The number of piperidine rings is 1. The third-order valence-electron chi connectivity index (χ3n) is 4.29. The summed E-state index contributed by atoms with van der Waals surface area (Å²) in [7, 11) is 0. The number of halogens is 1. The molecule has 1 aromatic heterocycles. The lowest BCUT2D eigenvalue weighted by atomic mass is 9.87. The van der Waals surface area contributed by atoms with Gasteiger partial charge in [-0.25, -0.2) is 0 Å². The van der Waals surface area contributed by atoms with Crippen molar-refractivity contribution in [2.75, 3.05) is 18.4 Å². The van der Waals surface area contributed by atoms with E-state index < -0.39 is 11.4 Å². The summed E-state index contributed by atoms with van der Waals surface area (Å²) >= 11 is 5.95. The highest BCUT2D eigenvalue weighted by atomic mass is 35.5. The number of amides is 2. The highest BCUT2D eigenvalue weighted by Gasteiger charge is 2.42. The van der Waals surface area contributed by atoms with Crippen molar-refractivity contribution >= 4 is 29.1 Å². The first-order valence-corrected chi connectivity index (χ1v) is 8.02. The van der Waals surface area contributed by atoms with Gasteiger partial charge in [-0.3, -0.25) is 14.3 Å². The Morgan fingerprint density at radius 1 is 1.33 bits per heavy atom. The molecule has 1 aromatic carbocycles. The van der Waals surface area contributed by atoms with E-state index in [1.54, 1.807) is 35.3 Å². The van der Waals surface area contributed by atoms with Crippen LogP contribution in [0.15, 0.2) is 36.7 Å². The maximum Gasteiger partial charge on any atom is 0.252 e. The van der Waals surface area contributed by atoms with Gasteiger partial charge in [-0.05, 0) is 50.2 Å². The number of benzene rings is 1. The standard InChI is InChI=1S/C16H18ClN5O2/c17-13-3-2-11(10-12(13)14(18)23)21-15(24)16(4-7-19-8-5-16)22-9-1-6-20-22/h1-3,6,9-10,19H,4-5,7-8H2,(H2,18,23)(H,21,24). The van der Waals surface area contributed by atoms with Crippen LogP contribution in [0.4, 0.5) is 5.69 Å². The van der Waals surface area contributed by atoms with Crippen LogP contribution < -0.4 is 16.4 Å². The zero-order chi connectivity index (χ0) is 17.2. The number of nitrogens with one attached hydrogen (secondary N) is 2. The second-order valence-electron chi connectivity index (χ2n) is 5.75. The Morgan fingerprint density at radius 3 is 2.71 bits per heavy atom. The molecule has 126 valence electrons. The lowest BCUT2D eigenvalue weighted by molar-refractivity contribution is -0.126. The third kappa shape index (κ3) is 3.00. The maximum absolute atomic E-state index is 13.0. The molecule has 2 heterocycles. The van der Waals surface area contributed by atoms with E-state index in [9.17, 15) is 9.59 Å². The van der Waals surface area contributed by atoms with Gasteiger partial charge < -0.3 is 16.4 Å². The summed E-state index contributed by atoms with van der Waals surface area (Å²) < 4.78 is 1.70. The molecule has 1 aliphatic heterocycles. The Labute approximate surface area is 144 Å². The van der Waals surface area contributed by atoms with Crippen molar-refractivity contribution in [2.24, 2.45) is 5.73 Å². The van der Waals surface area contributed by atoms with E-state index in [0.717, 1.165) is 13.1 Å². The van der Waals surface area contributed by atoms with Gasteiger partial charge in [-0.2, -0.15) is 5.10 Å². The predicted octanol–water partition coefficient (Wildman–Crippen LogP) is 1.35. The quantitative estimate of drug-likeness (QED) is 0.777. The van der Waals surface area contributed by atoms with E-state index in [4.69, 9.17) is 17.3 Å². The maximum atomic E-state index is 13.0. The average Bonchev–Trinajstić information content (AvgIpc) is 3.12. The molecular formula is C16H18ClN5O2. The molecule has 1 aliphatic rings. The van der Waals surface area contributed by atoms with E-state index in [1.165, 1.54) is 6.07 Å². The molecule has 24 heavy (non-hydrogen) atoms. The number of nitrogens with two attached hydrogens (primary N) is 1. The Balaban J connectivity index is 1.90. The Kier molecular flexibility index (Phi) is 4.55.